The topological polar surface area (TPSA) is 12.9 Å². The average molecular weight is 434 g/mol. The molecule has 0 aliphatic rings. The minimum absolute atomic E-state index is 1.03. The molecule has 0 spiro atoms. The Bertz CT molecular complexity index is 1550. The van der Waals surface area contributed by atoms with Crippen LogP contribution < -0.4 is 0 Å². The minimum atomic E-state index is 1.03. The Labute approximate surface area is 176 Å². The Morgan fingerprint density at radius 3 is 1.66 bits per heavy atom. The molecule has 2 heteroatoms. The standard InChI is InChI=1S/C27H16BrN/c28-18-15-13-17(14-16-18)27-26-22-10-4-2-8-20(22)19-7-1-3-9-21(19)25(26)23-11-5-6-12-24(23)29-27/h1-16H. The fourth-order valence-corrected chi connectivity index (χ4v) is 4.71. The zero-order valence-corrected chi connectivity index (χ0v) is 17.1. The van der Waals surface area contributed by atoms with Gasteiger partial charge in [-0.05, 0) is 39.7 Å². The zero-order valence-electron chi connectivity index (χ0n) is 15.6. The van der Waals surface area contributed by atoms with Gasteiger partial charge in [-0.3, -0.25) is 0 Å². The van der Waals surface area contributed by atoms with Gasteiger partial charge >= 0.3 is 0 Å². The highest BCUT2D eigenvalue weighted by atomic mass is 79.9. The second kappa shape index (κ2) is 6.40. The maximum atomic E-state index is 5.14. The molecule has 6 rings (SSSR count). The lowest BCUT2D eigenvalue weighted by atomic mass is 9.90. The number of nitrogens with zero attached hydrogens (tertiary/aromatic N) is 1. The molecule has 0 N–H and O–H groups in total. The maximum Gasteiger partial charge on any atom is 0.0794 e. The van der Waals surface area contributed by atoms with Gasteiger partial charge in [0.05, 0.1) is 11.2 Å². The van der Waals surface area contributed by atoms with E-state index < -0.39 is 0 Å². The molecule has 1 nitrogen and oxygen atoms in total. The van der Waals surface area contributed by atoms with Gasteiger partial charge in [0.2, 0.25) is 0 Å². The van der Waals surface area contributed by atoms with Crippen LogP contribution >= 0.6 is 15.9 Å². The van der Waals surface area contributed by atoms with Crippen LogP contribution in [0.25, 0.3) is 54.5 Å². The van der Waals surface area contributed by atoms with E-state index in [9.17, 15) is 0 Å². The summed E-state index contributed by atoms with van der Waals surface area (Å²) in [7, 11) is 0. The molecule has 0 aliphatic heterocycles. The van der Waals surface area contributed by atoms with Gasteiger partial charge in [-0.15, -0.1) is 0 Å². The van der Waals surface area contributed by atoms with Crippen molar-refractivity contribution in [3.63, 3.8) is 0 Å². The van der Waals surface area contributed by atoms with Crippen molar-refractivity contribution in [1.82, 2.24) is 4.98 Å². The number of hydrogen-bond donors (Lipinski definition) is 0. The highest BCUT2D eigenvalue weighted by Crippen LogP contribution is 2.42. The largest absolute Gasteiger partial charge is 0.247 e. The number of aromatic nitrogens is 1. The molecule has 0 fully saturated rings. The zero-order chi connectivity index (χ0) is 19.4. The van der Waals surface area contributed by atoms with Crippen LogP contribution in [-0.2, 0) is 0 Å². The normalized spacial score (nSPS) is 11.6. The number of halogens is 1. The van der Waals surface area contributed by atoms with Crippen LogP contribution in [0.4, 0.5) is 0 Å². The fraction of sp³-hybridized carbons (Fsp3) is 0. The molecule has 0 radical (unpaired) electrons. The third-order valence-electron chi connectivity index (χ3n) is 5.69. The van der Waals surface area contributed by atoms with Crippen molar-refractivity contribution >= 4 is 59.2 Å². The number of pyridine rings is 1. The lowest BCUT2D eigenvalue weighted by Gasteiger charge is -2.16. The van der Waals surface area contributed by atoms with E-state index in [0.29, 0.717) is 0 Å². The van der Waals surface area contributed by atoms with E-state index in [-0.39, 0.29) is 0 Å². The van der Waals surface area contributed by atoms with Crippen LogP contribution in [0.1, 0.15) is 0 Å². The first kappa shape index (κ1) is 16.7. The predicted molar refractivity (Wildman–Crippen MR) is 127 cm³/mol. The molecule has 5 aromatic carbocycles. The van der Waals surface area contributed by atoms with E-state index in [1.165, 1.54) is 37.7 Å². The van der Waals surface area contributed by atoms with Crippen molar-refractivity contribution in [2.75, 3.05) is 0 Å². The van der Waals surface area contributed by atoms with Gasteiger partial charge in [0.1, 0.15) is 0 Å². The first-order valence-electron chi connectivity index (χ1n) is 9.69. The molecule has 6 aromatic rings. The third-order valence-corrected chi connectivity index (χ3v) is 6.22. The second-order valence-corrected chi connectivity index (χ2v) is 8.24. The Morgan fingerprint density at radius 2 is 1.00 bits per heavy atom. The molecule has 0 amide bonds. The first-order chi connectivity index (χ1) is 14.3. The summed E-state index contributed by atoms with van der Waals surface area (Å²) in [5, 5.41) is 8.78. The summed E-state index contributed by atoms with van der Waals surface area (Å²) in [4.78, 5) is 5.14. The van der Waals surface area contributed by atoms with Crippen LogP contribution in [-0.4, -0.2) is 4.98 Å². The summed E-state index contributed by atoms with van der Waals surface area (Å²) in [5.41, 5.74) is 3.19. The van der Waals surface area contributed by atoms with Crippen LogP contribution in [0.2, 0.25) is 0 Å². The predicted octanol–water partition coefficient (Wildman–Crippen LogP) is 8.12. The third kappa shape index (κ3) is 2.49. The molecule has 0 saturated carbocycles. The molecular formula is C27H16BrN. The highest BCUT2D eigenvalue weighted by molar-refractivity contribution is 9.10. The molecule has 0 unspecified atom stereocenters. The highest BCUT2D eigenvalue weighted by Gasteiger charge is 2.16. The lowest BCUT2D eigenvalue weighted by molar-refractivity contribution is 1.43. The van der Waals surface area contributed by atoms with Gasteiger partial charge in [-0.2, -0.15) is 0 Å². The van der Waals surface area contributed by atoms with Gasteiger partial charge in [0, 0.05) is 26.2 Å². The van der Waals surface area contributed by atoms with Gasteiger partial charge in [0.25, 0.3) is 0 Å². The van der Waals surface area contributed by atoms with Gasteiger partial charge in [-0.25, -0.2) is 4.98 Å². The van der Waals surface area contributed by atoms with Crippen LogP contribution in [0, 0.1) is 0 Å². The molecule has 1 aromatic heterocycles. The summed E-state index contributed by atoms with van der Waals surface area (Å²) in [6, 6.07) is 34.3. The van der Waals surface area contributed by atoms with Gasteiger partial charge in [0.15, 0.2) is 0 Å². The fourth-order valence-electron chi connectivity index (χ4n) is 4.44. The van der Waals surface area contributed by atoms with Crippen molar-refractivity contribution in [2.24, 2.45) is 0 Å². The Morgan fingerprint density at radius 1 is 0.483 bits per heavy atom. The molecule has 0 bridgehead atoms. The Hall–Kier alpha value is -3.23. The van der Waals surface area contributed by atoms with E-state index in [0.717, 1.165) is 21.2 Å². The molecule has 29 heavy (non-hydrogen) atoms. The van der Waals surface area contributed by atoms with Crippen LogP contribution in [0.15, 0.2) is 102 Å². The number of hydrogen-bond acceptors (Lipinski definition) is 1. The summed E-state index contributed by atoms with van der Waals surface area (Å²) in [5.74, 6) is 0. The molecule has 1 heterocycles. The van der Waals surface area contributed by atoms with Crippen molar-refractivity contribution in [2.45, 2.75) is 0 Å². The summed E-state index contributed by atoms with van der Waals surface area (Å²) >= 11 is 3.56. The SMILES string of the molecule is Brc1ccc(-c2nc3ccccc3c3c4ccccc4c4ccccc4c23)cc1. The maximum absolute atomic E-state index is 5.14. The number of benzene rings is 5. The van der Waals surface area contributed by atoms with E-state index >= 15 is 0 Å². The molecular weight excluding hydrogens is 418 g/mol. The summed E-state index contributed by atoms with van der Waals surface area (Å²) < 4.78 is 1.07. The minimum Gasteiger partial charge on any atom is -0.247 e. The van der Waals surface area contributed by atoms with Crippen molar-refractivity contribution in [3.8, 4) is 11.3 Å². The van der Waals surface area contributed by atoms with Crippen molar-refractivity contribution < 1.29 is 0 Å². The second-order valence-electron chi connectivity index (χ2n) is 7.33. The number of fused-ring (bicyclic) bond motifs is 8. The Kier molecular flexibility index (Phi) is 3.68. The first-order valence-corrected chi connectivity index (χ1v) is 10.5. The summed E-state index contributed by atoms with van der Waals surface area (Å²) in [6.07, 6.45) is 0. The van der Waals surface area contributed by atoms with Crippen LogP contribution in [0.5, 0.6) is 0 Å². The van der Waals surface area contributed by atoms with E-state index in [4.69, 9.17) is 4.98 Å². The van der Waals surface area contributed by atoms with Crippen molar-refractivity contribution in [3.05, 3.63) is 102 Å². The van der Waals surface area contributed by atoms with E-state index in [1.54, 1.807) is 0 Å². The molecule has 0 saturated heterocycles. The average Bonchev–Trinajstić information content (AvgIpc) is 2.79. The lowest BCUT2D eigenvalue weighted by Crippen LogP contribution is -1.92. The van der Waals surface area contributed by atoms with Crippen molar-refractivity contribution in [1.29, 1.82) is 0 Å². The number of rotatable bonds is 1. The molecule has 0 atom stereocenters. The molecule has 136 valence electrons. The van der Waals surface area contributed by atoms with Gasteiger partial charge in [-0.1, -0.05) is 94.8 Å². The number of para-hydroxylation sites is 1. The monoisotopic (exact) mass is 433 g/mol. The van der Waals surface area contributed by atoms with E-state index in [2.05, 4.69) is 113 Å². The smallest absolute Gasteiger partial charge is 0.0794 e. The molecule has 0 aliphatic carbocycles. The van der Waals surface area contributed by atoms with E-state index in [1.807, 2.05) is 0 Å². The quantitative estimate of drug-likeness (QED) is 0.238. The van der Waals surface area contributed by atoms with Gasteiger partial charge < -0.3 is 0 Å². The van der Waals surface area contributed by atoms with Crippen LogP contribution in [0.3, 0.4) is 0 Å². The summed E-state index contributed by atoms with van der Waals surface area (Å²) in [6.45, 7) is 0. The Balaban J connectivity index is 1.97.